The van der Waals surface area contributed by atoms with Crippen LogP contribution in [0, 0.1) is 6.92 Å². The van der Waals surface area contributed by atoms with Gasteiger partial charge in [-0.15, -0.1) is 0 Å². The minimum absolute atomic E-state index is 0.0906. The molecule has 1 fully saturated rings. The molecule has 1 aromatic carbocycles. The lowest BCUT2D eigenvalue weighted by Crippen LogP contribution is -2.51. The van der Waals surface area contributed by atoms with Crippen LogP contribution in [0.3, 0.4) is 0 Å². The molecule has 0 atom stereocenters. The summed E-state index contributed by atoms with van der Waals surface area (Å²) in [5.41, 5.74) is 4.83. The molecule has 4 aromatic rings. The van der Waals surface area contributed by atoms with Gasteiger partial charge in [0.05, 0.1) is 42.6 Å². The van der Waals surface area contributed by atoms with E-state index in [9.17, 15) is 4.79 Å². The van der Waals surface area contributed by atoms with Crippen molar-refractivity contribution in [2.24, 2.45) is 7.05 Å². The summed E-state index contributed by atoms with van der Waals surface area (Å²) in [6.07, 6.45) is 4.56. The smallest absolute Gasteiger partial charge is 0.255 e. The van der Waals surface area contributed by atoms with Gasteiger partial charge in [0.2, 0.25) is 0 Å². The van der Waals surface area contributed by atoms with Crippen LogP contribution in [0.15, 0.2) is 30.6 Å². The molecule has 1 N–H and O–H groups in total. The summed E-state index contributed by atoms with van der Waals surface area (Å²) in [4.78, 5) is 25.9. The molecule has 11 heteroatoms. The van der Waals surface area contributed by atoms with Gasteiger partial charge in [0.25, 0.3) is 5.91 Å². The summed E-state index contributed by atoms with van der Waals surface area (Å²) >= 11 is 0. The van der Waals surface area contributed by atoms with Crippen LogP contribution in [0.4, 0.5) is 0 Å². The molecule has 0 aliphatic carbocycles. The van der Waals surface area contributed by atoms with E-state index < -0.39 is 13.9 Å². The van der Waals surface area contributed by atoms with E-state index in [4.69, 9.17) is 24.2 Å². The molecule has 1 saturated heterocycles. The summed E-state index contributed by atoms with van der Waals surface area (Å²) in [5, 5.41) is 9.37. The van der Waals surface area contributed by atoms with Crippen molar-refractivity contribution >= 4 is 36.3 Å². The monoisotopic (exact) mass is 619 g/mol. The van der Waals surface area contributed by atoms with E-state index >= 15 is 0 Å². The molecule has 1 amide bonds. The second kappa shape index (κ2) is 12.3. The van der Waals surface area contributed by atoms with Gasteiger partial charge in [-0.05, 0) is 57.0 Å². The van der Waals surface area contributed by atoms with Crippen LogP contribution < -0.4 is 5.32 Å². The highest BCUT2D eigenvalue weighted by Gasteiger charge is 2.39. The van der Waals surface area contributed by atoms with Gasteiger partial charge in [-0.3, -0.25) is 14.4 Å². The number of aromatic nitrogens is 5. The Labute approximate surface area is 262 Å². The maximum Gasteiger partial charge on any atom is 0.255 e. The van der Waals surface area contributed by atoms with Gasteiger partial charge in [-0.2, -0.15) is 5.10 Å². The van der Waals surface area contributed by atoms with Gasteiger partial charge in [-0.1, -0.05) is 32.9 Å². The third-order valence-electron chi connectivity index (χ3n) is 9.06. The fourth-order valence-corrected chi connectivity index (χ4v) is 6.47. The summed E-state index contributed by atoms with van der Waals surface area (Å²) < 4.78 is 15.9. The number of hydrogen-bond donors (Lipinski definition) is 1. The number of hydrogen-bond acceptors (Lipinski definition) is 7. The lowest BCUT2D eigenvalue weighted by Gasteiger charge is -2.39. The Hall–Kier alpha value is -3.12. The number of morpholine rings is 1. The van der Waals surface area contributed by atoms with Gasteiger partial charge in [0.15, 0.2) is 14.0 Å². The Bertz CT molecular complexity index is 1640. The third kappa shape index (κ3) is 6.90. The van der Waals surface area contributed by atoms with Gasteiger partial charge < -0.3 is 19.0 Å². The van der Waals surface area contributed by atoms with E-state index in [-0.39, 0.29) is 10.9 Å². The number of amides is 1. The number of nitrogens with zero attached hydrogens (tertiary/aromatic N) is 6. The molecule has 0 bridgehead atoms. The van der Waals surface area contributed by atoms with Gasteiger partial charge in [0, 0.05) is 44.8 Å². The molecule has 0 radical (unpaired) electrons. The number of aryl methyl sites for hydroxylation is 3. The number of benzene rings is 1. The molecule has 0 unspecified atom stereocenters. The Kier molecular flexibility index (Phi) is 9.05. The van der Waals surface area contributed by atoms with Crippen LogP contribution >= 0.6 is 0 Å². The molecular weight excluding hydrogens is 570 g/mol. The van der Waals surface area contributed by atoms with Crippen molar-refractivity contribution in [1.29, 1.82) is 0 Å². The maximum absolute atomic E-state index is 13.7. The predicted octanol–water partition coefficient (Wildman–Crippen LogP) is 5.55. The van der Waals surface area contributed by atoms with E-state index in [2.05, 4.69) is 73.9 Å². The van der Waals surface area contributed by atoms with E-state index in [0.717, 1.165) is 62.4 Å². The first-order valence-corrected chi connectivity index (χ1v) is 18.6. The second-order valence-electron chi connectivity index (χ2n) is 14.4. The van der Waals surface area contributed by atoms with Crippen LogP contribution in [0.2, 0.25) is 18.1 Å². The first-order valence-electron chi connectivity index (χ1n) is 15.7. The molecule has 1 aliphatic heterocycles. The van der Waals surface area contributed by atoms with Crippen molar-refractivity contribution < 1.29 is 14.0 Å². The zero-order chi connectivity index (χ0) is 31.9. The fourth-order valence-electron chi connectivity index (χ4n) is 5.32. The van der Waals surface area contributed by atoms with Crippen LogP contribution in [0.5, 0.6) is 0 Å². The lowest BCUT2D eigenvalue weighted by molar-refractivity contribution is 0.0368. The summed E-state index contributed by atoms with van der Waals surface area (Å²) in [7, 11) is -0.0761. The molecule has 0 saturated carbocycles. The molecule has 5 rings (SSSR count). The molecule has 44 heavy (non-hydrogen) atoms. The Balaban J connectivity index is 1.41. The van der Waals surface area contributed by atoms with Crippen LogP contribution in [0.1, 0.15) is 57.0 Å². The molecule has 1 aliphatic rings. The zero-order valence-electron chi connectivity index (χ0n) is 28.0. The Morgan fingerprint density at radius 3 is 2.55 bits per heavy atom. The second-order valence-corrected chi connectivity index (χ2v) is 19.2. The van der Waals surface area contributed by atoms with Crippen molar-refractivity contribution in [2.45, 2.75) is 78.2 Å². The predicted molar refractivity (Wildman–Crippen MR) is 179 cm³/mol. The van der Waals surface area contributed by atoms with E-state index in [0.29, 0.717) is 29.0 Å². The van der Waals surface area contributed by atoms with Crippen molar-refractivity contribution in [3.8, 4) is 11.4 Å². The summed E-state index contributed by atoms with van der Waals surface area (Å²) in [6, 6.07) is 6.40. The molecular formula is C33H49N7O3Si. The van der Waals surface area contributed by atoms with Gasteiger partial charge >= 0.3 is 0 Å². The van der Waals surface area contributed by atoms with Crippen LogP contribution in [-0.2, 0) is 22.8 Å². The number of carbonyl (C=O) groups excluding carboxylic acids is 1. The standard InChI is InChI=1S/C33H49N7O3Si/c1-23-11-12-24-27(19-23)40(14-10-13-39-15-17-42-18-16-39)37-28(24)26-20-34-30-29(35-26)25(21-38(30)7)31(41)36-33(5,6)22-43-44(8,9)32(2,3)4/h11-12,19-21H,10,13-18,22H2,1-9H3,(H,36,41). The maximum atomic E-state index is 13.7. The van der Waals surface area contributed by atoms with Crippen LogP contribution in [0.25, 0.3) is 33.5 Å². The zero-order valence-corrected chi connectivity index (χ0v) is 29.0. The molecule has 10 nitrogen and oxygen atoms in total. The van der Waals surface area contributed by atoms with E-state index in [1.165, 1.54) is 5.56 Å². The van der Waals surface area contributed by atoms with Crippen molar-refractivity contribution in [3.63, 3.8) is 0 Å². The molecule has 238 valence electrons. The SMILES string of the molecule is Cc1ccc2c(-c3cnc4c(n3)c(C(=O)NC(C)(C)CO[Si](C)(C)C(C)(C)C)cn4C)nn(CCCN3CCOCC3)c2c1. The summed E-state index contributed by atoms with van der Waals surface area (Å²) in [6.45, 7) is 23.0. The highest BCUT2D eigenvalue weighted by atomic mass is 28.4. The van der Waals surface area contributed by atoms with E-state index in [1.54, 1.807) is 12.4 Å². The average molecular weight is 620 g/mol. The number of fused-ring (bicyclic) bond motifs is 2. The lowest BCUT2D eigenvalue weighted by atomic mass is 10.1. The molecule has 4 heterocycles. The molecule has 3 aromatic heterocycles. The minimum atomic E-state index is -1.97. The number of rotatable bonds is 10. The third-order valence-corrected chi connectivity index (χ3v) is 13.5. The number of carbonyl (C=O) groups is 1. The Morgan fingerprint density at radius 2 is 1.84 bits per heavy atom. The topological polar surface area (TPSA) is 99.3 Å². The number of ether oxygens (including phenoxy) is 1. The minimum Gasteiger partial charge on any atom is -0.414 e. The fraction of sp³-hybridized carbons (Fsp3) is 0.576. The largest absolute Gasteiger partial charge is 0.414 e. The Morgan fingerprint density at radius 1 is 1.11 bits per heavy atom. The normalized spacial score (nSPS) is 15.4. The van der Waals surface area contributed by atoms with E-state index in [1.807, 2.05) is 25.5 Å². The van der Waals surface area contributed by atoms with Crippen molar-refractivity contribution in [1.82, 2.24) is 34.5 Å². The highest BCUT2D eigenvalue weighted by Crippen LogP contribution is 2.37. The summed E-state index contributed by atoms with van der Waals surface area (Å²) in [5.74, 6) is -0.194. The van der Waals surface area contributed by atoms with Crippen LogP contribution in [-0.4, -0.2) is 88.4 Å². The van der Waals surface area contributed by atoms with Crippen molar-refractivity contribution in [2.75, 3.05) is 39.5 Å². The average Bonchev–Trinajstić information content (AvgIpc) is 3.48. The first kappa shape index (κ1) is 32.3. The van der Waals surface area contributed by atoms with Crippen molar-refractivity contribution in [3.05, 3.63) is 41.7 Å². The number of nitrogens with one attached hydrogen (secondary N) is 1. The first-order chi connectivity index (χ1) is 20.6. The van der Waals surface area contributed by atoms with Gasteiger partial charge in [0.1, 0.15) is 16.9 Å². The van der Waals surface area contributed by atoms with Gasteiger partial charge in [-0.25, -0.2) is 9.97 Å². The highest BCUT2D eigenvalue weighted by molar-refractivity contribution is 6.74. The molecule has 0 spiro atoms. The quantitative estimate of drug-likeness (QED) is 0.233.